The van der Waals surface area contributed by atoms with Crippen molar-refractivity contribution in [3.05, 3.63) is 23.8 Å². The maximum atomic E-state index is 5.67. The van der Waals surface area contributed by atoms with Crippen molar-refractivity contribution in [3.8, 4) is 11.5 Å². The highest BCUT2D eigenvalue weighted by molar-refractivity contribution is 5.79. The number of hydrogen-bond donors (Lipinski definition) is 2. The van der Waals surface area contributed by atoms with Gasteiger partial charge in [0.1, 0.15) is 0 Å². The van der Waals surface area contributed by atoms with Crippen molar-refractivity contribution in [3.63, 3.8) is 0 Å². The van der Waals surface area contributed by atoms with Gasteiger partial charge in [0.25, 0.3) is 0 Å². The molecule has 2 rings (SSSR count). The first kappa shape index (κ1) is 23.3. The second-order valence-electron chi connectivity index (χ2n) is 7.66. The van der Waals surface area contributed by atoms with Crippen molar-refractivity contribution in [2.45, 2.75) is 39.8 Å². The van der Waals surface area contributed by atoms with Gasteiger partial charge in [-0.05, 0) is 37.0 Å². The summed E-state index contributed by atoms with van der Waals surface area (Å²) in [6.07, 6.45) is 1.15. The lowest BCUT2D eigenvalue weighted by molar-refractivity contribution is 0.0132. The Hall–Kier alpha value is -1.99. The topological polar surface area (TPSA) is 67.4 Å². The smallest absolute Gasteiger partial charge is 0.191 e. The van der Waals surface area contributed by atoms with E-state index in [-0.39, 0.29) is 0 Å². The Morgan fingerprint density at radius 2 is 1.97 bits per heavy atom. The molecule has 0 bridgehead atoms. The molecule has 1 fully saturated rings. The zero-order valence-corrected chi connectivity index (χ0v) is 18.7. The summed E-state index contributed by atoms with van der Waals surface area (Å²) >= 11 is 0. The summed E-state index contributed by atoms with van der Waals surface area (Å²) < 4.78 is 16.5. The van der Waals surface area contributed by atoms with Gasteiger partial charge in [-0.1, -0.05) is 19.9 Å². The van der Waals surface area contributed by atoms with E-state index in [9.17, 15) is 0 Å². The second kappa shape index (κ2) is 12.5. The van der Waals surface area contributed by atoms with Crippen LogP contribution in [0.2, 0.25) is 0 Å². The maximum Gasteiger partial charge on any atom is 0.191 e. The predicted molar refractivity (Wildman–Crippen MR) is 118 cm³/mol. The summed E-state index contributed by atoms with van der Waals surface area (Å²) in [6.45, 7) is 12.3. The molecule has 0 saturated carbocycles. The first-order valence-corrected chi connectivity index (χ1v) is 10.6. The Labute approximate surface area is 175 Å². The molecule has 1 aromatic carbocycles. The Morgan fingerprint density at radius 3 is 2.59 bits per heavy atom. The fourth-order valence-electron chi connectivity index (χ4n) is 3.57. The Balaban J connectivity index is 1.91. The Bertz CT molecular complexity index is 630. The summed E-state index contributed by atoms with van der Waals surface area (Å²) in [5.74, 6) is 2.97. The van der Waals surface area contributed by atoms with E-state index in [4.69, 9.17) is 14.2 Å². The number of aliphatic imine (C=N–C) groups is 1. The standard InChI is InChI=1S/C22H38N4O3/c1-6-29-21-14-18(7-8-20(21)27-5)15-24-22(23-4)25-16-19(13-17(2)3)26-9-11-28-12-10-26/h7-8,14,17,19H,6,9-13,15-16H2,1-5H3,(H2,23,24,25). The Morgan fingerprint density at radius 1 is 1.21 bits per heavy atom. The van der Waals surface area contributed by atoms with Crippen molar-refractivity contribution in [1.29, 1.82) is 0 Å². The molecular weight excluding hydrogens is 368 g/mol. The highest BCUT2D eigenvalue weighted by Gasteiger charge is 2.22. The average Bonchev–Trinajstić information content (AvgIpc) is 2.73. The van der Waals surface area contributed by atoms with Gasteiger partial charge in [-0.15, -0.1) is 0 Å². The van der Waals surface area contributed by atoms with E-state index in [0.29, 0.717) is 25.1 Å². The molecule has 1 aliphatic heterocycles. The molecule has 2 N–H and O–H groups in total. The van der Waals surface area contributed by atoms with E-state index in [0.717, 1.165) is 62.3 Å². The molecule has 1 heterocycles. The highest BCUT2D eigenvalue weighted by atomic mass is 16.5. The summed E-state index contributed by atoms with van der Waals surface area (Å²) in [5.41, 5.74) is 1.11. The molecule has 1 saturated heterocycles. The third kappa shape index (κ3) is 7.74. The minimum absolute atomic E-state index is 0.475. The van der Waals surface area contributed by atoms with E-state index in [1.165, 1.54) is 0 Å². The van der Waals surface area contributed by atoms with Gasteiger partial charge in [-0.3, -0.25) is 9.89 Å². The molecule has 7 heteroatoms. The van der Waals surface area contributed by atoms with E-state index in [1.807, 2.05) is 25.1 Å². The summed E-state index contributed by atoms with van der Waals surface area (Å²) in [5, 5.41) is 6.91. The van der Waals surface area contributed by atoms with Crippen LogP contribution < -0.4 is 20.1 Å². The maximum absolute atomic E-state index is 5.67. The number of ether oxygens (including phenoxy) is 3. The minimum atomic E-state index is 0.475. The summed E-state index contributed by atoms with van der Waals surface area (Å²) in [6, 6.07) is 6.47. The van der Waals surface area contributed by atoms with Crippen molar-refractivity contribution < 1.29 is 14.2 Å². The summed E-state index contributed by atoms with van der Waals surface area (Å²) in [7, 11) is 3.46. The number of morpholine rings is 1. The van der Waals surface area contributed by atoms with Gasteiger partial charge < -0.3 is 24.8 Å². The number of methoxy groups -OCH3 is 1. The number of guanidine groups is 1. The zero-order valence-electron chi connectivity index (χ0n) is 18.7. The zero-order chi connectivity index (χ0) is 21.1. The fourth-order valence-corrected chi connectivity index (χ4v) is 3.57. The normalized spacial score (nSPS) is 16.6. The largest absolute Gasteiger partial charge is 0.493 e. The molecule has 164 valence electrons. The van der Waals surface area contributed by atoms with Crippen LogP contribution in [0.3, 0.4) is 0 Å². The molecule has 1 atom stereocenters. The van der Waals surface area contributed by atoms with Gasteiger partial charge in [0.15, 0.2) is 17.5 Å². The van der Waals surface area contributed by atoms with Crippen molar-refractivity contribution in [2.75, 3.05) is 53.6 Å². The quantitative estimate of drug-likeness (QED) is 0.460. The number of benzene rings is 1. The molecule has 0 spiro atoms. The SMILES string of the molecule is CCOc1cc(CNC(=NC)NCC(CC(C)C)N2CCOCC2)ccc1OC. The molecule has 29 heavy (non-hydrogen) atoms. The molecular formula is C22H38N4O3. The summed E-state index contributed by atoms with van der Waals surface area (Å²) in [4.78, 5) is 6.92. The molecule has 0 radical (unpaired) electrons. The number of nitrogens with one attached hydrogen (secondary N) is 2. The number of hydrogen-bond acceptors (Lipinski definition) is 5. The first-order valence-electron chi connectivity index (χ1n) is 10.6. The molecule has 1 unspecified atom stereocenters. The van der Waals surface area contributed by atoms with Gasteiger partial charge in [0.05, 0.1) is 26.9 Å². The molecule has 1 aromatic rings. The number of rotatable bonds is 10. The highest BCUT2D eigenvalue weighted by Crippen LogP contribution is 2.27. The molecule has 1 aliphatic rings. The van der Waals surface area contributed by atoms with E-state index >= 15 is 0 Å². The molecule has 0 amide bonds. The van der Waals surface area contributed by atoms with Crippen LogP contribution >= 0.6 is 0 Å². The molecule has 0 aliphatic carbocycles. The first-order chi connectivity index (χ1) is 14.1. The third-order valence-corrected chi connectivity index (χ3v) is 5.02. The van der Waals surface area contributed by atoms with Crippen molar-refractivity contribution in [1.82, 2.24) is 15.5 Å². The van der Waals surface area contributed by atoms with E-state index < -0.39 is 0 Å². The van der Waals surface area contributed by atoms with Crippen LogP contribution in [0, 0.1) is 5.92 Å². The van der Waals surface area contributed by atoms with Crippen molar-refractivity contribution in [2.24, 2.45) is 10.9 Å². The van der Waals surface area contributed by atoms with Crippen molar-refractivity contribution >= 4 is 5.96 Å². The van der Waals surface area contributed by atoms with Gasteiger partial charge in [0.2, 0.25) is 0 Å². The van der Waals surface area contributed by atoms with Crippen LogP contribution in [0.1, 0.15) is 32.8 Å². The predicted octanol–water partition coefficient (Wildman–Crippen LogP) is 2.51. The lowest BCUT2D eigenvalue weighted by Crippen LogP contribution is -2.50. The fraction of sp³-hybridized carbons (Fsp3) is 0.682. The number of nitrogens with zero attached hydrogens (tertiary/aromatic N) is 2. The van der Waals surface area contributed by atoms with Crippen LogP contribution in [0.25, 0.3) is 0 Å². The lowest BCUT2D eigenvalue weighted by atomic mass is 10.0. The third-order valence-electron chi connectivity index (χ3n) is 5.02. The monoisotopic (exact) mass is 406 g/mol. The van der Waals surface area contributed by atoms with E-state index in [2.05, 4.69) is 34.4 Å². The molecule has 7 nitrogen and oxygen atoms in total. The van der Waals surface area contributed by atoms with Crippen LogP contribution in [-0.2, 0) is 11.3 Å². The lowest BCUT2D eigenvalue weighted by Gasteiger charge is -2.35. The van der Waals surface area contributed by atoms with Gasteiger partial charge in [-0.25, -0.2) is 0 Å². The minimum Gasteiger partial charge on any atom is -0.493 e. The molecule has 0 aromatic heterocycles. The van der Waals surface area contributed by atoms with E-state index in [1.54, 1.807) is 14.2 Å². The Kier molecular flexibility index (Phi) is 10.1. The van der Waals surface area contributed by atoms with Crippen LogP contribution in [-0.4, -0.2) is 70.5 Å². The van der Waals surface area contributed by atoms with Gasteiger partial charge >= 0.3 is 0 Å². The van der Waals surface area contributed by atoms with Gasteiger partial charge in [0, 0.05) is 39.3 Å². The average molecular weight is 407 g/mol. The van der Waals surface area contributed by atoms with Crippen LogP contribution in [0.5, 0.6) is 11.5 Å². The van der Waals surface area contributed by atoms with Crippen LogP contribution in [0.4, 0.5) is 0 Å². The van der Waals surface area contributed by atoms with Gasteiger partial charge in [-0.2, -0.15) is 0 Å². The van der Waals surface area contributed by atoms with Crippen LogP contribution in [0.15, 0.2) is 23.2 Å². The second-order valence-corrected chi connectivity index (χ2v) is 7.66.